The second-order valence-electron chi connectivity index (χ2n) is 6.63. The molecule has 0 spiro atoms. The molecule has 0 unspecified atom stereocenters. The van der Waals surface area contributed by atoms with Crippen LogP contribution in [0, 0.1) is 20.8 Å². The van der Waals surface area contributed by atoms with Crippen LogP contribution in [0.5, 0.6) is 0 Å². The van der Waals surface area contributed by atoms with Crippen molar-refractivity contribution in [1.82, 2.24) is 13.9 Å². The van der Waals surface area contributed by atoms with Crippen LogP contribution >= 0.6 is 0 Å². The first-order chi connectivity index (χ1) is 11.5. The minimum Gasteiger partial charge on any atom is -0.299 e. The minimum atomic E-state index is -3.56. The van der Waals surface area contributed by atoms with E-state index in [0.29, 0.717) is 44.2 Å². The van der Waals surface area contributed by atoms with Crippen molar-refractivity contribution < 1.29 is 16.8 Å². The molecule has 1 aromatic rings. The summed E-state index contributed by atoms with van der Waals surface area (Å²) in [5.41, 5.74) is 2.52. The summed E-state index contributed by atoms with van der Waals surface area (Å²) >= 11 is 0. The molecule has 1 N–H and O–H groups in total. The first kappa shape index (κ1) is 20.3. The summed E-state index contributed by atoms with van der Waals surface area (Å²) in [6.07, 6.45) is 1.21. The number of rotatable bonds is 6. The number of sulfonamides is 2. The summed E-state index contributed by atoms with van der Waals surface area (Å²) in [5, 5.41) is 0. The summed E-state index contributed by atoms with van der Waals surface area (Å²) < 4.78 is 52.3. The fourth-order valence-corrected chi connectivity index (χ4v) is 5.58. The van der Waals surface area contributed by atoms with Gasteiger partial charge >= 0.3 is 0 Å². The fraction of sp³-hybridized carbons (Fsp3) is 0.625. The van der Waals surface area contributed by atoms with Crippen molar-refractivity contribution in [3.8, 4) is 0 Å². The highest BCUT2D eigenvalue weighted by Crippen LogP contribution is 2.21. The van der Waals surface area contributed by atoms with Crippen molar-refractivity contribution in [1.29, 1.82) is 0 Å². The Balaban J connectivity index is 1.92. The summed E-state index contributed by atoms with van der Waals surface area (Å²) in [5.74, 6) is 0. The minimum absolute atomic E-state index is 0.300. The fourth-order valence-electron chi connectivity index (χ4n) is 3.29. The van der Waals surface area contributed by atoms with E-state index in [1.165, 1.54) is 10.6 Å². The van der Waals surface area contributed by atoms with Crippen molar-refractivity contribution >= 4 is 20.0 Å². The Morgan fingerprint density at radius 3 is 1.96 bits per heavy atom. The van der Waals surface area contributed by atoms with E-state index in [-0.39, 0.29) is 0 Å². The SMILES string of the molecule is Cc1cc(C)c(S(=O)(=O)NCCN2CCN(S(C)(=O)=O)CC2)c(C)c1. The zero-order chi connectivity index (χ0) is 18.8. The Hall–Kier alpha value is -1.00. The number of aryl methyl sites for hydroxylation is 3. The number of nitrogens with zero attached hydrogens (tertiary/aromatic N) is 2. The van der Waals surface area contributed by atoms with Crippen LogP contribution in [0.2, 0.25) is 0 Å². The lowest BCUT2D eigenvalue weighted by molar-refractivity contribution is 0.192. The van der Waals surface area contributed by atoms with Crippen LogP contribution in [0.4, 0.5) is 0 Å². The third-order valence-corrected chi connectivity index (χ3v) is 7.46. The standard InChI is InChI=1S/C16H27N3O4S2/c1-13-11-14(2)16(15(3)12-13)25(22,23)17-5-6-18-7-9-19(10-8-18)24(4,20)21/h11-12,17H,5-10H2,1-4H3. The third kappa shape index (κ3) is 5.24. The summed E-state index contributed by atoms with van der Waals surface area (Å²) in [7, 11) is -6.70. The molecule has 1 aromatic carbocycles. The third-order valence-electron chi connectivity index (χ3n) is 4.39. The van der Waals surface area contributed by atoms with Gasteiger partial charge in [0.15, 0.2) is 0 Å². The Kier molecular flexibility index (Phi) is 6.26. The molecule has 1 aliphatic rings. The molecule has 0 radical (unpaired) electrons. The van der Waals surface area contributed by atoms with Gasteiger partial charge < -0.3 is 0 Å². The molecule has 1 aliphatic heterocycles. The lowest BCUT2D eigenvalue weighted by atomic mass is 10.1. The summed E-state index contributed by atoms with van der Waals surface area (Å²) in [6.45, 7) is 8.52. The van der Waals surface area contributed by atoms with E-state index in [1.54, 1.807) is 13.8 Å². The van der Waals surface area contributed by atoms with E-state index in [1.807, 2.05) is 19.1 Å². The maximum Gasteiger partial charge on any atom is 0.241 e. The Morgan fingerprint density at radius 2 is 1.48 bits per heavy atom. The van der Waals surface area contributed by atoms with Crippen molar-refractivity contribution in [2.45, 2.75) is 25.7 Å². The molecule has 0 bridgehead atoms. The van der Waals surface area contributed by atoms with Gasteiger partial charge in [-0.05, 0) is 31.9 Å². The number of hydrogen-bond donors (Lipinski definition) is 1. The van der Waals surface area contributed by atoms with Crippen molar-refractivity contribution in [2.24, 2.45) is 0 Å². The van der Waals surface area contributed by atoms with Gasteiger partial charge in [0, 0.05) is 39.3 Å². The molecule has 142 valence electrons. The molecule has 0 amide bonds. The van der Waals surface area contributed by atoms with E-state index in [9.17, 15) is 16.8 Å². The predicted octanol–water partition coefficient (Wildman–Crippen LogP) is 0.467. The number of benzene rings is 1. The van der Waals surface area contributed by atoms with Gasteiger partial charge in [0.25, 0.3) is 0 Å². The van der Waals surface area contributed by atoms with Gasteiger partial charge in [0.05, 0.1) is 11.2 Å². The first-order valence-corrected chi connectivity index (χ1v) is 11.6. The van der Waals surface area contributed by atoms with E-state index < -0.39 is 20.0 Å². The van der Waals surface area contributed by atoms with E-state index in [0.717, 1.165) is 16.7 Å². The van der Waals surface area contributed by atoms with Crippen molar-refractivity contribution in [3.05, 3.63) is 28.8 Å². The number of piperazine rings is 1. The van der Waals surface area contributed by atoms with Gasteiger partial charge in [0.2, 0.25) is 20.0 Å². The van der Waals surface area contributed by atoms with Crippen LogP contribution in [-0.2, 0) is 20.0 Å². The van der Waals surface area contributed by atoms with Gasteiger partial charge in [-0.15, -0.1) is 0 Å². The van der Waals surface area contributed by atoms with Crippen LogP contribution in [0.3, 0.4) is 0 Å². The molecule has 0 aliphatic carbocycles. The predicted molar refractivity (Wildman–Crippen MR) is 98.7 cm³/mol. The highest BCUT2D eigenvalue weighted by atomic mass is 32.2. The normalized spacial score (nSPS) is 17.8. The van der Waals surface area contributed by atoms with Gasteiger partial charge in [-0.3, -0.25) is 4.90 Å². The lowest BCUT2D eigenvalue weighted by Gasteiger charge is -2.33. The van der Waals surface area contributed by atoms with Crippen LogP contribution in [0.1, 0.15) is 16.7 Å². The second kappa shape index (κ2) is 7.71. The molecule has 1 fully saturated rings. The average Bonchev–Trinajstić information content (AvgIpc) is 2.45. The van der Waals surface area contributed by atoms with Crippen molar-refractivity contribution in [3.63, 3.8) is 0 Å². The van der Waals surface area contributed by atoms with Gasteiger partial charge in [-0.1, -0.05) is 17.7 Å². The topological polar surface area (TPSA) is 86.8 Å². The average molecular weight is 390 g/mol. The molecule has 2 rings (SSSR count). The highest BCUT2D eigenvalue weighted by molar-refractivity contribution is 7.89. The van der Waals surface area contributed by atoms with Gasteiger partial charge in [-0.25, -0.2) is 21.6 Å². The van der Waals surface area contributed by atoms with Crippen LogP contribution in [0.15, 0.2) is 17.0 Å². The van der Waals surface area contributed by atoms with E-state index in [2.05, 4.69) is 9.62 Å². The second-order valence-corrected chi connectivity index (χ2v) is 10.3. The van der Waals surface area contributed by atoms with Crippen molar-refractivity contribution in [2.75, 3.05) is 45.5 Å². The lowest BCUT2D eigenvalue weighted by Crippen LogP contribution is -2.49. The Bertz CT molecular complexity index is 804. The van der Waals surface area contributed by atoms with Crippen LogP contribution in [-0.4, -0.2) is 71.6 Å². The zero-order valence-electron chi connectivity index (χ0n) is 15.2. The van der Waals surface area contributed by atoms with E-state index in [4.69, 9.17) is 0 Å². The maximum absolute atomic E-state index is 12.6. The van der Waals surface area contributed by atoms with Gasteiger partial charge in [-0.2, -0.15) is 4.31 Å². The molecule has 0 atom stereocenters. The Labute approximate surface area is 151 Å². The largest absolute Gasteiger partial charge is 0.299 e. The molecule has 9 heteroatoms. The maximum atomic E-state index is 12.6. The summed E-state index contributed by atoms with van der Waals surface area (Å²) in [4.78, 5) is 2.42. The van der Waals surface area contributed by atoms with E-state index >= 15 is 0 Å². The van der Waals surface area contributed by atoms with Crippen LogP contribution < -0.4 is 4.72 Å². The first-order valence-electron chi connectivity index (χ1n) is 8.26. The smallest absolute Gasteiger partial charge is 0.241 e. The Morgan fingerprint density at radius 1 is 0.960 bits per heavy atom. The molecule has 0 aromatic heterocycles. The molecule has 1 heterocycles. The quantitative estimate of drug-likeness (QED) is 0.764. The number of hydrogen-bond acceptors (Lipinski definition) is 5. The molecule has 25 heavy (non-hydrogen) atoms. The highest BCUT2D eigenvalue weighted by Gasteiger charge is 2.24. The molecular formula is C16H27N3O4S2. The number of nitrogens with one attached hydrogen (secondary N) is 1. The molecular weight excluding hydrogens is 362 g/mol. The molecule has 7 nitrogen and oxygen atoms in total. The molecule has 1 saturated heterocycles. The van der Waals surface area contributed by atoms with Crippen LogP contribution in [0.25, 0.3) is 0 Å². The molecule has 0 saturated carbocycles. The summed E-state index contributed by atoms with van der Waals surface area (Å²) in [6, 6.07) is 3.73. The zero-order valence-corrected chi connectivity index (χ0v) is 16.9. The monoisotopic (exact) mass is 389 g/mol. The van der Waals surface area contributed by atoms with Gasteiger partial charge in [0.1, 0.15) is 0 Å².